The molecule has 1 heterocycles. The molecule has 24 heavy (non-hydrogen) atoms. The SMILES string of the molecule is O=C1NC(O)C(=Cc2ccc(OCC(=O)c3ccccc3)cc2)S1. The van der Waals surface area contributed by atoms with Gasteiger partial charge in [0.1, 0.15) is 5.75 Å². The Kier molecular flexibility index (Phi) is 4.98. The number of aliphatic hydroxyl groups is 1. The predicted molar refractivity (Wildman–Crippen MR) is 92.8 cm³/mol. The molecular weight excluding hydrogens is 326 g/mol. The van der Waals surface area contributed by atoms with Gasteiger partial charge in [0.25, 0.3) is 5.24 Å². The lowest BCUT2D eigenvalue weighted by Gasteiger charge is -2.06. The summed E-state index contributed by atoms with van der Waals surface area (Å²) in [5.74, 6) is 0.493. The Hall–Kier alpha value is -2.57. The van der Waals surface area contributed by atoms with Crippen molar-refractivity contribution in [1.82, 2.24) is 5.32 Å². The van der Waals surface area contributed by atoms with Crippen LogP contribution >= 0.6 is 11.8 Å². The topological polar surface area (TPSA) is 75.6 Å². The molecule has 2 N–H and O–H groups in total. The van der Waals surface area contributed by atoms with Crippen molar-refractivity contribution in [3.8, 4) is 5.75 Å². The molecule has 5 nitrogen and oxygen atoms in total. The van der Waals surface area contributed by atoms with Crippen LogP contribution in [0.3, 0.4) is 0 Å². The maximum absolute atomic E-state index is 12.0. The van der Waals surface area contributed by atoms with Gasteiger partial charge in [0.15, 0.2) is 18.6 Å². The molecule has 1 fully saturated rings. The summed E-state index contributed by atoms with van der Waals surface area (Å²) in [6.07, 6.45) is 0.772. The Morgan fingerprint density at radius 2 is 1.88 bits per heavy atom. The zero-order chi connectivity index (χ0) is 16.9. The van der Waals surface area contributed by atoms with Crippen LogP contribution in [0.1, 0.15) is 15.9 Å². The van der Waals surface area contributed by atoms with E-state index in [4.69, 9.17) is 4.74 Å². The second-order valence-electron chi connectivity index (χ2n) is 5.13. The second kappa shape index (κ2) is 7.33. The highest BCUT2D eigenvalue weighted by Crippen LogP contribution is 2.28. The first-order valence-corrected chi connectivity index (χ1v) is 8.12. The second-order valence-corrected chi connectivity index (χ2v) is 6.18. The van der Waals surface area contributed by atoms with E-state index in [-0.39, 0.29) is 17.6 Å². The molecule has 0 bridgehead atoms. The molecule has 0 aromatic heterocycles. The lowest BCUT2D eigenvalue weighted by molar-refractivity contribution is 0.0921. The van der Waals surface area contributed by atoms with Crippen molar-refractivity contribution in [3.05, 3.63) is 70.6 Å². The third-order valence-corrected chi connectivity index (χ3v) is 4.27. The molecule has 1 unspecified atom stereocenters. The normalized spacial score (nSPS) is 18.5. The van der Waals surface area contributed by atoms with Crippen LogP contribution in [0.4, 0.5) is 4.79 Å². The first-order valence-electron chi connectivity index (χ1n) is 7.31. The first kappa shape index (κ1) is 16.3. The van der Waals surface area contributed by atoms with E-state index in [2.05, 4.69) is 5.32 Å². The number of thioether (sulfide) groups is 1. The van der Waals surface area contributed by atoms with E-state index in [0.717, 1.165) is 17.3 Å². The predicted octanol–water partition coefficient (Wildman–Crippen LogP) is 3.06. The van der Waals surface area contributed by atoms with E-state index in [1.54, 1.807) is 42.5 Å². The molecule has 0 radical (unpaired) electrons. The van der Waals surface area contributed by atoms with Crippen LogP contribution in [0.15, 0.2) is 59.5 Å². The summed E-state index contributed by atoms with van der Waals surface area (Å²) in [4.78, 5) is 23.7. The minimum Gasteiger partial charge on any atom is -0.485 e. The summed E-state index contributed by atoms with van der Waals surface area (Å²) in [5, 5.41) is 11.8. The number of benzene rings is 2. The van der Waals surface area contributed by atoms with Gasteiger partial charge in [-0.05, 0) is 35.5 Å². The zero-order valence-corrected chi connectivity index (χ0v) is 13.5. The first-order chi connectivity index (χ1) is 11.6. The fourth-order valence-electron chi connectivity index (χ4n) is 2.16. The standard InChI is InChI=1S/C18H15NO4S/c20-15(13-4-2-1-3-5-13)11-23-14-8-6-12(7-9-14)10-16-17(21)19-18(22)24-16/h1-10,17,21H,11H2,(H,19,22). The monoisotopic (exact) mass is 341 g/mol. The number of carbonyl (C=O) groups is 2. The van der Waals surface area contributed by atoms with Gasteiger partial charge in [-0.1, -0.05) is 42.5 Å². The molecule has 3 rings (SSSR count). The number of Topliss-reactive ketones (excluding diaryl/α,β-unsaturated/α-hetero) is 1. The van der Waals surface area contributed by atoms with Crippen molar-refractivity contribution in [1.29, 1.82) is 0 Å². The molecule has 0 spiro atoms. The molecule has 122 valence electrons. The minimum absolute atomic E-state index is 0.0303. The number of rotatable bonds is 5. The van der Waals surface area contributed by atoms with Gasteiger partial charge in [-0.25, -0.2) is 0 Å². The molecule has 1 aliphatic rings. The number of nitrogens with one attached hydrogen (secondary N) is 1. The smallest absolute Gasteiger partial charge is 0.285 e. The Balaban J connectivity index is 1.60. The number of carbonyl (C=O) groups excluding carboxylic acids is 2. The summed E-state index contributed by atoms with van der Waals surface area (Å²) >= 11 is 0.970. The molecule has 2 aromatic carbocycles. The van der Waals surface area contributed by atoms with Crippen molar-refractivity contribution in [3.63, 3.8) is 0 Å². The number of aliphatic hydroxyl groups excluding tert-OH is 1. The largest absolute Gasteiger partial charge is 0.485 e. The third kappa shape index (κ3) is 4.04. The average Bonchev–Trinajstić information content (AvgIpc) is 2.92. The number of ether oxygens (including phenoxy) is 1. The molecule has 1 aliphatic heterocycles. The highest BCUT2D eigenvalue weighted by atomic mass is 32.2. The van der Waals surface area contributed by atoms with Gasteiger partial charge in [-0.15, -0.1) is 0 Å². The quantitative estimate of drug-likeness (QED) is 0.818. The van der Waals surface area contributed by atoms with E-state index >= 15 is 0 Å². The van der Waals surface area contributed by atoms with Gasteiger partial charge in [0.2, 0.25) is 0 Å². The zero-order valence-electron chi connectivity index (χ0n) is 12.6. The molecule has 0 aliphatic carbocycles. The number of hydrogen-bond donors (Lipinski definition) is 2. The Bertz CT molecular complexity index is 771. The van der Waals surface area contributed by atoms with Gasteiger partial charge in [0.05, 0.1) is 0 Å². The van der Waals surface area contributed by atoms with E-state index in [1.165, 1.54) is 0 Å². The Labute approximate surface area is 143 Å². The van der Waals surface area contributed by atoms with Crippen molar-refractivity contribution in [2.45, 2.75) is 6.23 Å². The molecule has 2 aromatic rings. The van der Waals surface area contributed by atoms with Gasteiger partial charge in [-0.2, -0.15) is 0 Å². The van der Waals surface area contributed by atoms with Crippen molar-refractivity contribution < 1.29 is 19.4 Å². The van der Waals surface area contributed by atoms with Crippen LogP contribution in [0.25, 0.3) is 6.08 Å². The van der Waals surface area contributed by atoms with E-state index in [9.17, 15) is 14.7 Å². The van der Waals surface area contributed by atoms with Crippen molar-refractivity contribution in [2.75, 3.05) is 6.61 Å². The number of ketones is 1. The highest BCUT2D eigenvalue weighted by molar-refractivity contribution is 8.17. The van der Waals surface area contributed by atoms with Crippen LogP contribution in [0.2, 0.25) is 0 Å². The van der Waals surface area contributed by atoms with Crippen LogP contribution in [0.5, 0.6) is 5.75 Å². The fourth-order valence-corrected chi connectivity index (χ4v) is 2.91. The molecule has 6 heteroatoms. The number of hydrogen-bond acceptors (Lipinski definition) is 5. The van der Waals surface area contributed by atoms with Crippen molar-refractivity contribution >= 4 is 28.9 Å². The maximum Gasteiger partial charge on any atom is 0.285 e. The van der Waals surface area contributed by atoms with Crippen molar-refractivity contribution in [2.24, 2.45) is 0 Å². The fraction of sp³-hybridized carbons (Fsp3) is 0.111. The van der Waals surface area contributed by atoms with E-state index in [1.807, 2.05) is 18.2 Å². The molecular formula is C18H15NO4S. The summed E-state index contributed by atoms with van der Waals surface area (Å²) < 4.78 is 5.49. The van der Waals surface area contributed by atoms with E-state index < -0.39 is 6.23 Å². The van der Waals surface area contributed by atoms with Crippen LogP contribution in [-0.2, 0) is 0 Å². The van der Waals surface area contributed by atoms with Gasteiger partial charge < -0.3 is 15.2 Å². The van der Waals surface area contributed by atoms with E-state index in [0.29, 0.717) is 16.2 Å². The van der Waals surface area contributed by atoms with Crippen LogP contribution < -0.4 is 10.1 Å². The number of amides is 1. The molecule has 1 amide bonds. The summed E-state index contributed by atoms with van der Waals surface area (Å²) in [6, 6.07) is 16.1. The Morgan fingerprint density at radius 1 is 1.17 bits per heavy atom. The van der Waals surface area contributed by atoms with Crippen LogP contribution in [0, 0.1) is 0 Å². The summed E-state index contributed by atoms with van der Waals surface area (Å²) in [7, 11) is 0. The summed E-state index contributed by atoms with van der Waals surface area (Å²) in [6.45, 7) is -0.0303. The lowest BCUT2D eigenvalue weighted by Crippen LogP contribution is -2.24. The van der Waals surface area contributed by atoms with Gasteiger partial charge in [0, 0.05) is 10.5 Å². The Morgan fingerprint density at radius 3 is 2.50 bits per heavy atom. The van der Waals surface area contributed by atoms with Gasteiger partial charge >= 0.3 is 0 Å². The molecule has 0 saturated carbocycles. The lowest BCUT2D eigenvalue weighted by atomic mass is 10.1. The van der Waals surface area contributed by atoms with Crippen LogP contribution in [-0.4, -0.2) is 29.0 Å². The maximum atomic E-state index is 12.0. The summed E-state index contributed by atoms with van der Waals surface area (Å²) in [5.41, 5.74) is 1.44. The molecule has 1 atom stereocenters. The average molecular weight is 341 g/mol. The van der Waals surface area contributed by atoms with Gasteiger partial charge in [-0.3, -0.25) is 9.59 Å². The highest BCUT2D eigenvalue weighted by Gasteiger charge is 2.25. The third-order valence-electron chi connectivity index (χ3n) is 3.39. The minimum atomic E-state index is -0.957. The molecule has 1 saturated heterocycles.